The monoisotopic (exact) mass is 458 g/mol. The number of hydrogen-bond acceptors (Lipinski definition) is 5. The molecule has 1 N–H and O–H groups in total. The van der Waals surface area contributed by atoms with Crippen LogP contribution in [0, 0.1) is 24.0 Å². The minimum atomic E-state index is -2.99. The van der Waals surface area contributed by atoms with Crippen LogP contribution in [-0.4, -0.2) is 48.2 Å². The van der Waals surface area contributed by atoms with Crippen molar-refractivity contribution in [3.05, 3.63) is 54.0 Å². The van der Waals surface area contributed by atoms with E-state index in [0.29, 0.717) is 48.4 Å². The lowest BCUT2D eigenvalue weighted by molar-refractivity contribution is 0.292. The first-order chi connectivity index (χ1) is 15.3. The number of aryl methyl sites for hydroxylation is 1. The Morgan fingerprint density at radius 1 is 1.03 bits per heavy atom. The molecule has 2 aliphatic rings. The van der Waals surface area contributed by atoms with Crippen LogP contribution in [0.3, 0.4) is 0 Å². The van der Waals surface area contributed by atoms with Gasteiger partial charge in [-0.25, -0.2) is 17.2 Å². The molecule has 2 aromatic heterocycles. The smallest absolute Gasteiger partial charge is 0.150 e. The van der Waals surface area contributed by atoms with Gasteiger partial charge < -0.3 is 4.90 Å². The number of nitrogens with one attached hydrogen (secondary N) is 1. The van der Waals surface area contributed by atoms with Crippen molar-refractivity contribution in [1.29, 1.82) is 0 Å². The Morgan fingerprint density at radius 3 is 2.34 bits per heavy atom. The molecule has 2 fully saturated rings. The van der Waals surface area contributed by atoms with Crippen molar-refractivity contribution in [1.82, 2.24) is 15.2 Å². The Balaban J connectivity index is 1.47. The summed E-state index contributed by atoms with van der Waals surface area (Å²) in [5.41, 5.74) is 2.98. The Morgan fingerprint density at radius 2 is 1.69 bits per heavy atom. The zero-order chi connectivity index (χ0) is 22.5. The van der Waals surface area contributed by atoms with Gasteiger partial charge in [-0.05, 0) is 61.4 Å². The van der Waals surface area contributed by atoms with Crippen molar-refractivity contribution in [2.75, 3.05) is 29.5 Å². The third kappa shape index (κ3) is 3.68. The number of sulfone groups is 1. The molecule has 9 heteroatoms. The molecule has 0 radical (unpaired) electrons. The van der Waals surface area contributed by atoms with Crippen LogP contribution >= 0.6 is 0 Å². The third-order valence-corrected chi connectivity index (χ3v) is 8.50. The summed E-state index contributed by atoms with van der Waals surface area (Å²) in [5.74, 6) is -0.937. The molecule has 5 rings (SSSR count). The lowest BCUT2D eigenvalue weighted by Crippen LogP contribution is -2.36. The van der Waals surface area contributed by atoms with Crippen LogP contribution in [0.1, 0.15) is 25.0 Å². The molecule has 0 unspecified atom stereocenters. The van der Waals surface area contributed by atoms with Gasteiger partial charge in [0.25, 0.3) is 0 Å². The molecule has 3 aromatic rings. The highest BCUT2D eigenvalue weighted by Gasteiger charge is 2.43. The third-order valence-electron chi connectivity index (χ3n) is 6.85. The van der Waals surface area contributed by atoms with E-state index >= 15 is 8.78 Å². The molecular weight excluding hydrogens is 434 g/mol. The minimum Gasteiger partial charge on any atom is -0.366 e. The highest BCUT2D eigenvalue weighted by molar-refractivity contribution is 7.91. The summed E-state index contributed by atoms with van der Waals surface area (Å²) in [6, 6.07) is 6.32. The number of hydrogen-bond donors (Lipinski definition) is 1. The minimum absolute atomic E-state index is 0.0364. The molecule has 6 nitrogen and oxygen atoms in total. The summed E-state index contributed by atoms with van der Waals surface area (Å²) >= 11 is 0. The van der Waals surface area contributed by atoms with Crippen molar-refractivity contribution in [2.45, 2.75) is 26.2 Å². The molecule has 0 bridgehead atoms. The number of pyridine rings is 1. The lowest BCUT2D eigenvalue weighted by Gasteiger charge is -2.33. The summed E-state index contributed by atoms with van der Waals surface area (Å²) in [7, 11) is -2.99. The van der Waals surface area contributed by atoms with Gasteiger partial charge in [0.2, 0.25) is 0 Å². The van der Waals surface area contributed by atoms with Crippen LogP contribution in [-0.2, 0) is 9.84 Å². The van der Waals surface area contributed by atoms with Crippen LogP contribution in [0.25, 0.3) is 22.4 Å². The second-order valence-corrected chi connectivity index (χ2v) is 11.2. The number of rotatable bonds is 3. The maximum atomic E-state index is 15.3. The van der Waals surface area contributed by atoms with E-state index in [9.17, 15) is 8.42 Å². The molecule has 168 valence electrons. The summed E-state index contributed by atoms with van der Waals surface area (Å²) in [4.78, 5) is 5.75. The maximum absolute atomic E-state index is 15.3. The van der Waals surface area contributed by atoms with E-state index in [1.165, 1.54) is 12.1 Å². The van der Waals surface area contributed by atoms with Gasteiger partial charge in [0.05, 0.1) is 11.5 Å². The molecule has 0 amide bonds. The van der Waals surface area contributed by atoms with Gasteiger partial charge in [-0.2, -0.15) is 5.10 Å². The average molecular weight is 459 g/mol. The van der Waals surface area contributed by atoms with E-state index in [1.807, 2.05) is 6.92 Å². The van der Waals surface area contributed by atoms with Crippen LogP contribution in [0.15, 0.2) is 36.7 Å². The summed E-state index contributed by atoms with van der Waals surface area (Å²) < 4.78 is 54.2. The number of benzene rings is 1. The van der Waals surface area contributed by atoms with Crippen molar-refractivity contribution in [3.8, 4) is 22.4 Å². The van der Waals surface area contributed by atoms with Gasteiger partial charge in [-0.15, -0.1) is 0 Å². The van der Waals surface area contributed by atoms with Crippen LogP contribution in [0.5, 0.6) is 0 Å². The first kappa shape index (κ1) is 21.1. The fourth-order valence-corrected chi connectivity index (χ4v) is 6.71. The molecule has 1 aromatic carbocycles. The van der Waals surface area contributed by atoms with Crippen molar-refractivity contribution >= 4 is 15.5 Å². The molecular formula is C23H24F2N4O2S. The van der Waals surface area contributed by atoms with Gasteiger partial charge in [0.1, 0.15) is 32.9 Å². The predicted molar refractivity (Wildman–Crippen MR) is 119 cm³/mol. The first-order valence-electron chi connectivity index (χ1n) is 10.7. The second kappa shape index (κ2) is 7.65. The summed E-state index contributed by atoms with van der Waals surface area (Å²) in [6.45, 7) is 2.81. The quantitative estimate of drug-likeness (QED) is 0.639. The van der Waals surface area contributed by atoms with Crippen molar-refractivity contribution in [2.24, 2.45) is 5.41 Å². The van der Waals surface area contributed by atoms with Gasteiger partial charge >= 0.3 is 0 Å². The number of halogens is 2. The highest BCUT2D eigenvalue weighted by Crippen LogP contribution is 2.44. The standard InChI is InChI=1S/C23H24F2N4O2S/c1-15-20(21(28-27-15)16-2-7-26-8-3-16)17-12-18(24)22(19(25)13-17)29-9-4-23(14-29)5-10-32(30,31)11-6-23/h2-3,7-8,12-13H,4-6,9-11,14H2,1H3,(H,27,28). The lowest BCUT2D eigenvalue weighted by atomic mass is 9.81. The first-order valence-corrected chi connectivity index (χ1v) is 12.5. The Kier molecular flexibility index (Phi) is 5.03. The second-order valence-electron chi connectivity index (χ2n) is 8.92. The van der Waals surface area contributed by atoms with E-state index in [1.54, 1.807) is 29.4 Å². The molecule has 0 saturated carbocycles. The van der Waals surface area contributed by atoms with Gasteiger partial charge in [-0.3, -0.25) is 10.1 Å². The molecule has 4 heterocycles. The fourth-order valence-electron chi connectivity index (χ4n) is 5.02. The number of anilines is 1. The molecule has 2 saturated heterocycles. The molecule has 0 aliphatic carbocycles. The van der Waals surface area contributed by atoms with Crippen LogP contribution in [0.2, 0.25) is 0 Å². The summed E-state index contributed by atoms with van der Waals surface area (Å²) in [6.07, 6.45) is 5.14. The Bertz CT molecular complexity index is 1240. The van der Waals surface area contributed by atoms with Crippen LogP contribution in [0.4, 0.5) is 14.5 Å². The molecule has 0 atom stereocenters. The van der Waals surface area contributed by atoms with E-state index in [2.05, 4.69) is 15.2 Å². The van der Waals surface area contributed by atoms with E-state index < -0.39 is 21.5 Å². The maximum Gasteiger partial charge on any atom is 0.150 e. The predicted octanol–water partition coefficient (Wildman–Crippen LogP) is 4.13. The fraction of sp³-hybridized carbons (Fsp3) is 0.391. The highest BCUT2D eigenvalue weighted by atomic mass is 32.2. The molecule has 2 aliphatic heterocycles. The topological polar surface area (TPSA) is 79.0 Å². The van der Waals surface area contributed by atoms with Gasteiger partial charge in [0.15, 0.2) is 0 Å². The number of aromatic amines is 1. The van der Waals surface area contributed by atoms with E-state index in [0.717, 1.165) is 12.0 Å². The number of aromatic nitrogens is 3. The number of nitrogens with zero attached hydrogens (tertiary/aromatic N) is 3. The normalized spacial score (nSPS) is 19.5. The molecule has 32 heavy (non-hydrogen) atoms. The van der Waals surface area contributed by atoms with E-state index in [-0.39, 0.29) is 22.6 Å². The average Bonchev–Trinajstić information content (AvgIpc) is 3.35. The van der Waals surface area contributed by atoms with Crippen molar-refractivity contribution in [3.63, 3.8) is 0 Å². The Labute approximate surface area is 185 Å². The summed E-state index contributed by atoms with van der Waals surface area (Å²) in [5, 5.41) is 7.25. The largest absolute Gasteiger partial charge is 0.366 e. The Hall–Kier alpha value is -2.81. The molecule has 1 spiro atoms. The van der Waals surface area contributed by atoms with Crippen LogP contribution < -0.4 is 4.90 Å². The van der Waals surface area contributed by atoms with Gasteiger partial charge in [-0.1, -0.05) is 0 Å². The van der Waals surface area contributed by atoms with E-state index in [4.69, 9.17) is 0 Å². The zero-order valence-corrected chi connectivity index (χ0v) is 18.6. The number of H-pyrrole nitrogens is 1. The zero-order valence-electron chi connectivity index (χ0n) is 17.7. The SMILES string of the molecule is Cc1[nH]nc(-c2ccncc2)c1-c1cc(F)c(N2CCC3(CCS(=O)(=O)CC3)C2)c(F)c1. The van der Waals surface area contributed by atoms with Crippen molar-refractivity contribution < 1.29 is 17.2 Å². The van der Waals surface area contributed by atoms with Gasteiger partial charge in [0, 0.05) is 42.3 Å².